The molecule has 2 saturated heterocycles. The van der Waals surface area contributed by atoms with Crippen LogP contribution < -0.4 is 5.32 Å². The van der Waals surface area contributed by atoms with Gasteiger partial charge in [-0.1, -0.05) is 26.7 Å². The SMILES string of the molecule is CC(=O)OC1C(=O)C2(C)C(O)CC3OCC3(OC(C)=O)C2C2OC(=O)CN(C)C(=O)CCCCCC(NC(=O)OC(C)(C)C)C(O)C(=O)OC3CC2(O)C(C)(C)C1=C3C. The number of likely N-dealkylation sites (N-methyl/N-ethyl adjacent to an activating group) is 1. The van der Waals surface area contributed by atoms with Gasteiger partial charge in [0.15, 0.2) is 23.6 Å². The molecular formula is C41H60N2O16. The molecule has 0 radical (unpaired) electrons. The van der Waals surface area contributed by atoms with Crippen molar-refractivity contribution < 1.29 is 77.3 Å². The summed E-state index contributed by atoms with van der Waals surface area (Å²) in [7, 11) is 1.40. The number of alkyl carbamates (subject to hydrolysis) is 1. The highest BCUT2D eigenvalue weighted by Gasteiger charge is 2.78. The molecular weight excluding hydrogens is 776 g/mol. The molecule has 18 heteroatoms. The molecule has 4 fully saturated rings. The fraction of sp³-hybridized carbons (Fsp3) is 0.780. The standard InChI is InChI=1S/C41H60N2O16/c1-20-24-17-41(53)34(57-28(48)18-43(10)27(47)15-13-11-12-14-23(30(49)35(51)56-24)42-36(52)59-37(4,5)6)32-39(9,25(46)16-26-40(32,19-54-26)58-22(3)45)33(50)31(55-21(2)44)29(20)38(41,7)8/h23-26,30-32,34,46,49,53H,11-19H2,1-10H3,(H,42,52). The second kappa shape index (κ2) is 16.4. The quantitative estimate of drug-likeness (QED) is 0.179. The van der Waals surface area contributed by atoms with E-state index in [1.54, 1.807) is 20.8 Å². The highest BCUT2D eigenvalue weighted by Crippen LogP contribution is 2.64. The van der Waals surface area contributed by atoms with Crippen LogP contribution in [-0.2, 0) is 57.2 Å². The number of nitrogens with zero attached hydrogens (tertiary/aromatic N) is 1. The van der Waals surface area contributed by atoms with Crippen molar-refractivity contribution in [2.75, 3.05) is 20.2 Å². The van der Waals surface area contributed by atoms with Crippen LogP contribution in [0.4, 0.5) is 4.79 Å². The van der Waals surface area contributed by atoms with E-state index in [9.17, 15) is 44.1 Å². The van der Waals surface area contributed by atoms with Crippen molar-refractivity contribution in [1.82, 2.24) is 10.2 Å². The van der Waals surface area contributed by atoms with Gasteiger partial charge < -0.3 is 54.0 Å². The average molecular weight is 837 g/mol. The third kappa shape index (κ3) is 8.33. The molecule has 11 atom stereocenters. The topological polar surface area (TPSA) is 251 Å². The normalized spacial score (nSPS) is 38.1. The highest BCUT2D eigenvalue weighted by molar-refractivity contribution is 5.95. The van der Waals surface area contributed by atoms with E-state index in [1.165, 1.54) is 34.7 Å². The number of hydrogen-bond acceptors (Lipinski definition) is 16. The number of amides is 2. The van der Waals surface area contributed by atoms with Crippen molar-refractivity contribution >= 4 is 41.7 Å². The zero-order chi connectivity index (χ0) is 44.2. The number of aliphatic hydroxyl groups excluding tert-OH is 2. The first-order chi connectivity index (χ1) is 27.2. The van der Waals surface area contributed by atoms with Gasteiger partial charge in [-0.2, -0.15) is 0 Å². The fourth-order valence-corrected chi connectivity index (χ4v) is 9.87. The summed E-state index contributed by atoms with van der Waals surface area (Å²) in [5.74, 6) is -6.83. The Morgan fingerprint density at radius 3 is 2.20 bits per heavy atom. The number of rotatable bonds is 3. The van der Waals surface area contributed by atoms with Crippen LogP contribution in [0.5, 0.6) is 0 Å². The first-order valence-corrected chi connectivity index (χ1v) is 20.2. The molecule has 18 nitrogen and oxygen atoms in total. The Balaban J connectivity index is 1.75. The Labute approximate surface area is 343 Å². The summed E-state index contributed by atoms with van der Waals surface area (Å²) in [5.41, 5.74) is -8.74. The molecule has 0 aromatic rings. The number of aliphatic hydroxyl groups is 3. The van der Waals surface area contributed by atoms with Gasteiger partial charge in [-0.05, 0) is 58.6 Å². The van der Waals surface area contributed by atoms with Crippen molar-refractivity contribution in [3.05, 3.63) is 11.1 Å². The summed E-state index contributed by atoms with van der Waals surface area (Å²) < 4.78 is 35.3. The maximum absolute atomic E-state index is 15.4. The zero-order valence-corrected chi connectivity index (χ0v) is 35.6. The largest absolute Gasteiger partial charge is 0.457 e. The van der Waals surface area contributed by atoms with Crippen molar-refractivity contribution in [2.24, 2.45) is 16.7 Å². The summed E-state index contributed by atoms with van der Waals surface area (Å²) in [6.45, 7) is 12.1. The average Bonchev–Trinajstić information content (AvgIpc) is 3.10. The molecule has 2 heterocycles. The lowest BCUT2D eigenvalue weighted by atomic mass is 9.44. The second-order valence-electron chi connectivity index (χ2n) is 18.4. The number of nitrogens with one attached hydrogen (secondary N) is 1. The maximum atomic E-state index is 15.4. The van der Waals surface area contributed by atoms with E-state index in [0.29, 0.717) is 19.3 Å². The van der Waals surface area contributed by atoms with Crippen LogP contribution in [0.25, 0.3) is 0 Å². The molecule has 2 aliphatic heterocycles. The Bertz CT molecular complexity index is 1770. The molecule has 0 aromatic heterocycles. The molecule has 0 spiro atoms. The van der Waals surface area contributed by atoms with Gasteiger partial charge in [0.1, 0.15) is 36.1 Å². The monoisotopic (exact) mass is 836 g/mol. The van der Waals surface area contributed by atoms with E-state index in [4.69, 9.17) is 28.4 Å². The van der Waals surface area contributed by atoms with Gasteiger partial charge in [-0.25, -0.2) is 9.59 Å². The van der Waals surface area contributed by atoms with Crippen LogP contribution in [-0.4, -0.2) is 142 Å². The number of carbonyl (C=O) groups excluding carboxylic acids is 7. The van der Waals surface area contributed by atoms with E-state index in [0.717, 1.165) is 18.7 Å². The van der Waals surface area contributed by atoms with E-state index >= 15 is 4.79 Å². The highest BCUT2D eigenvalue weighted by atomic mass is 16.6. The van der Waals surface area contributed by atoms with Gasteiger partial charge in [0.05, 0.1) is 30.1 Å². The molecule has 2 amide bonds. The molecule has 59 heavy (non-hydrogen) atoms. The molecule has 3 aliphatic carbocycles. The Hall–Kier alpha value is -4.13. The predicted octanol–water partition coefficient (Wildman–Crippen LogP) is 1.57. The smallest absolute Gasteiger partial charge is 0.407 e. The van der Waals surface area contributed by atoms with Crippen LogP contribution in [0.1, 0.15) is 107 Å². The Morgan fingerprint density at radius 2 is 1.63 bits per heavy atom. The number of carbonyl (C=O) groups is 7. The van der Waals surface area contributed by atoms with Gasteiger partial charge in [0.25, 0.3) is 0 Å². The molecule has 0 aromatic carbocycles. The predicted molar refractivity (Wildman–Crippen MR) is 203 cm³/mol. The first-order valence-electron chi connectivity index (χ1n) is 20.2. The molecule has 5 rings (SSSR count). The van der Waals surface area contributed by atoms with Crippen molar-refractivity contribution in [1.29, 1.82) is 0 Å². The Kier molecular flexibility index (Phi) is 12.8. The van der Waals surface area contributed by atoms with Gasteiger partial charge in [0, 0.05) is 45.6 Å². The Morgan fingerprint density at radius 1 is 0.966 bits per heavy atom. The summed E-state index contributed by atoms with van der Waals surface area (Å²) in [6.07, 6.45) is -10.3. The maximum Gasteiger partial charge on any atom is 0.407 e. The lowest BCUT2D eigenvalue weighted by Gasteiger charge is -2.67. The first kappa shape index (κ1) is 45.9. The van der Waals surface area contributed by atoms with Gasteiger partial charge in [-0.3, -0.25) is 24.0 Å². The van der Waals surface area contributed by atoms with E-state index in [-0.39, 0.29) is 37.0 Å². The van der Waals surface area contributed by atoms with Crippen LogP contribution in [0, 0.1) is 16.7 Å². The van der Waals surface area contributed by atoms with E-state index in [1.807, 2.05) is 0 Å². The molecule has 11 unspecified atom stereocenters. The third-order valence-electron chi connectivity index (χ3n) is 13.0. The number of Topliss-reactive ketones (excluding diaryl/α,β-unsaturated/α-hetero) is 1. The van der Waals surface area contributed by atoms with Crippen molar-refractivity contribution in [2.45, 2.75) is 167 Å². The fourth-order valence-electron chi connectivity index (χ4n) is 9.87. The van der Waals surface area contributed by atoms with E-state index < -0.39 is 131 Å². The van der Waals surface area contributed by atoms with Gasteiger partial charge in [-0.15, -0.1) is 0 Å². The minimum atomic E-state index is -2.41. The second-order valence-corrected chi connectivity index (χ2v) is 18.4. The van der Waals surface area contributed by atoms with E-state index in [2.05, 4.69) is 5.32 Å². The summed E-state index contributed by atoms with van der Waals surface area (Å²) in [4.78, 5) is 96.7. The minimum absolute atomic E-state index is 0.00154. The number of fused-ring (bicyclic) bond motifs is 6. The number of ether oxygens (including phenoxy) is 6. The lowest BCUT2D eigenvalue weighted by Crippen LogP contribution is -2.82. The molecule has 330 valence electrons. The zero-order valence-electron chi connectivity index (χ0n) is 35.6. The van der Waals surface area contributed by atoms with Crippen LogP contribution >= 0.6 is 0 Å². The minimum Gasteiger partial charge on any atom is -0.457 e. The number of ketones is 1. The number of esters is 4. The van der Waals surface area contributed by atoms with Crippen molar-refractivity contribution in [3.8, 4) is 0 Å². The molecule has 3 bridgehead atoms. The third-order valence-corrected chi connectivity index (χ3v) is 13.0. The molecule has 5 aliphatic rings. The summed E-state index contributed by atoms with van der Waals surface area (Å²) in [6, 6.07) is -1.23. The van der Waals surface area contributed by atoms with Gasteiger partial charge in [0.2, 0.25) is 5.91 Å². The van der Waals surface area contributed by atoms with Crippen LogP contribution in [0.15, 0.2) is 11.1 Å². The molecule has 2 saturated carbocycles. The van der Waals surface area contributed by atoms with Gasteiger partial charge >= 0.3 is 30.0 Å². The molecule has 4 N–H and O–H groups in total. The summed E-state index contributed by atoms with van der Waals surface area (Å²) >= 11 is 0. The number of hydrogen-bond donors (Lipinski definition) is 4. The lowest BCUT2D eigenvalue weighted by molar-refractivity contribution is -0.347. The van der Waals surface area contributed by atoms with Crippen molar-refractivity contribution in [3.63, 3.8) is 0 Å². The van der Waals surface area contributed by atoms with Crippen LogP contribution in [0.3, 0.4) is 0 Å². The van der Waals surface area contributed by atoms with Crippen LogP contribution in [0.2, 0.25) is 0 Å². The summed E-state index contributed by atoms with van der Waals surface area (Å²) in [5, 5.41) is 39.6.